The molecule has 3 N–H and O–H groups in total. The summed E-state index contributed by atoms with van der Waals surface area (Å²) in [5, 5.41) is 3.52. The van der Waals surface area contributed by atoms with Gasteiger partial charge in [0.2, 0.25) is 5.91 Å². The summed E-state index contributed by atoms with van der Waals surface area (Å²) in [5.41, 5.74) is 6.99. The van der Waals surface area contributed by atoms with Gasteiger partial charge >= 0.3 is 0 Å². The van der Waals surface area contributed by atoms with Gasteiger partial charge in [-0.15, -0.1) is 11.3 Å². The summed E-state index contributed by atoms with van der Waals surface area (Å²) in [6.45, 7) is 0.631. The number of hydrogen-bond donors (Lipinski definition) is 2. The van der Waals surface area contributed by atoms with Crippen molar-refractivity contribution < 1.29 is 9.53 Å². The van der Waals surface area contributed by atoms with Crippen LogP contribution >= 0.6 is 11.3 Å². The zero-order chi connectivity index (χ0) is 13.7. The fraction of sp³-hybridized carbons (Fsp3) is 0.692. The number of ether oxygens (including phenoxy) is 1. The minimum absolute atomic E-state index is 0.151. The van der Waals surface area contributed by atoms with Crippen molar-refractivity contribution in [1.29, 1.82) is 0 Å². The van der Waals surface area contributed by atoms with Gasteiger partial charge in [-0.25, -0.2) is 4.98 Å². The van der Waals surface area contributed by atoms with E-state index in [0.29, 0.717) is 18.2 Å². The highest BCUT2D eigenvalue weighted by atomic mass is 32.1. The van der Waals surface area contributed by atoms with Gasteiger partial charge in [-0.1, -0.05) is 0 Å². The largest absolute Gasteiger partial charge is 0.385 e. The summed E-state index contributed by atoms with van der Waals surface area (Å²) < 4.78 is 4.95. The molecule has 1 atom stereocenters. The number of hydrogen-bond acceptors (Lipinski definition) is 5. The van der Waals surface area contributed by atoms with Gasteiger partial charge in [0, 0.05) is 18.6 Å². The average Bonchev–Trinajstić information content (AvgIpc) is 2.80. The van der Waals surface area contributed by atoms with Crippen LogP contribution < -0.4 is 11.1 Å². The van der Waals surface area contributed by atoms with Gasteiger partial charge in [-0.3, -0.25) is 4.79 Å². The third kappa shape index (κ3) is 3.99. The molecule has 1 aliphatic carbocycles. The number of nitrogens with one attached hydrogen (secondary N) is 1. The van der Waals surface area contributed by atoms with Crippen molar-refractivity contribution in [3.8, 4) is 0 Å². The molecule has 106 valence electrons. The minimum atomic E-state index is -0.490. The van der Waals surface area contributed by atoms with Crippen LogP contribution in [0.1, 0.15) is 36.3 Å². The van der Waals surface area contributed by atoms with Gasteiger partial charge < -0.3 is 15.8 Å². The molecule has 0 aromatic carbocycles. The van der Waals surface area contributed by atoms with Crippen molar-refractivity contribution in [3.63, 3.8) is 0 Å². The Labute approximate surface area is 117 Å². The molecule has 0 spiro atoms. The van der Waals surface area contributed by atoms with Crippen LogP contribution in [0.3, 0.4) is 0 Å². The normalized spacial score (nSPS) is 15.9. The maximum Gasteiger partial charge on any atom is 0.243 e. The zero-order valence-corrected chi connectivity index (χ0v) is 12.1. The molecular formula is C13H21N3O2S. The standard InChI is InChI=1S/C13H21N3O2S/c1-18-8-4-5-9(14)12(17)16-13-15-10-6-2-3-7-11(10)19-13/h9H,2-8,14H2,1H3,(H,15,16,17). The molecule has 1 amide bonds. The maximum absolute atomic E-state index is 11.9. The number of methoxy groups -OCH3 is 1. The summed E-state index contributed by atoms with van der Waals surface area (Å²) in [6, 6.07) is -0.490. The Hall–Kier alpha value is -0.980. The molecule has 0 saturated heterocycles. The third-order valence-electron chi connectivity index (χ3n) is 3.28. The van der Waals surface area contributed by atoms with Crippen LogP contribution in [0.4, 0.5) is 5.13 Å². The number of fused-ring (bicyclic) bond motifs is 1. The molecule has 0 saturated carbocycles. The molecule has 0 aliphatic heterocycles. The number of carbonyl (C=O) groups excluding carboxylic acids is 1. The summed E-state index contributed by atoms with van der Waals surface area (Å²) in [4.78, 5) is 17.7. The van der Waals surface area contributed by atoms with E-state index in [4.69, 9.17) is 10.5 Å². The van der Waals surface area contributed by atoms with Crippen molar-refractivity contribution in [3.05, 3.63) is 10.6 Å². The summed E-state index contributed by atoms with van der Waals surface area (Å²) in [7, 11) is 1.64. The Morgan fingerprint density at radius 1 is 1.53 bits per heavy atom. The third-order valence-corrected chi connectivity index (χ3v) is 4.35. The Morgan fingerprint density at radius 2 is 2.32 bits per heavy atom. The summed E-state index contributed by atoms with van der Waals surface area (Å²) >= 11 is 1.59. The van der Waals surface area contributed by atoms with Crippen LogP contribution in [-0.4, -0.2) is 30.6 Å². The SMILES string of the molecule is COCCCC(N)C(=O)Nc1nc2c(s1)CCCC2. The van der Waals surface area contributed by atoms with Gasteiger partial charge in [0.15, 0.2) is 5.13 Å². The lowest BCUT2D eigenvalue weighted by molar-refractivity contribution is -0.117. The lowest BCUT2D eigenvalue weighted by Crippen LogP contribution is -2.35. The van der Waals surface area contributed by atoms with E-state index in [1.165, 1.54) is 17.7 Å². The zero-order valence-electron chi connectivity index (χ0n) is 11.3. The van der Waals surface area contributed by atoms with Gasteiger partial charge in [-0.2, -0.15) is 0 Å². The molecule has 1 aromatic heterocycles. The maximum atomic E-state index is 11.9. The molecular weight excluding hydrogens is 262 g/mol. The number of thiazole rings is 1. The van der Waals surface area contributed by atoms with Crippen LogP contribution in [0.2, 0.25) is 0 Å². The Kier molecular flexibility index (Phi) is 5.30. The fourth-order valence-electron chi connectivity index (χ4n) is 2.18. The Balaban J connectivity index is 1.86. The highest BCUT2D eigenvalue weighted by Gasteiger charge is 2.18. The predicted molar refractivity (Wildman–Crippen MR) is 76.5 cm³/mol. The van der Waals surface area contributed by atoms with E-state index in [0.717, 1.165) is 25.0 Å². The first-order chi connectivity index (χ1) is 9.20. The van der Waals surface area contributed by atoms with Gasteiger partial charge in [0.25, 0.3) is 0 Å². The highest BCUT2D eigenvalue weighted by molar-refractivity contribution is 7.15. The first-order valence-corrected chi connectivity index (χ1v) is 7.56. The average molecular weight is 283 g/mol. The number of rotatable bonds is 6. The molecule has 1 aromatic rings. The lowest BCUT2D eigenvalue weighted by Gasteiger charge is -2.09. The van der Waals surface area contributed by atoms with Gasteiger partial charge in [-0.05, 0) is 38.5 Å². The van der Waals surface area contributed by atoms with E-state index in [1.54, 1.807) is 18.4 Å². The molecule has 1 aliphatic rings. The monoisotopic (exact) mass is 283 g/mol. The molecule has 1 heterocycles. The van der Waals surface area contributed by atoms with E-state index >= 15 is 0 Å². The molecule has 6 heteroatoms. The number of aryl methyl sites for hydroxylation is 2. The molecule has 5 nitrogen and oxygen atoms in total. The van der Waals surface area contributed by atoms with E-state index in [9.17, 15) is 4.79 Å². The first kappa shape index (κ1) is 14.4. The molecule has 0 fully saturated rings. The number of carbonyl (C=O) groups is 1. The number of aromatic nitrogens is 1. The smallest absolute Gasteiger partial charge is 0.243 e. The molecule has 19 heavy (non-hydrogen) atoms. The van der Waals surface area contributed by atoms with Crippen LogP contribution in [0.15, 0.2) is 0 Å². The van der Waals surface area contributed by atoms with Crippen molar-refractivity contribution in [1.82, 2.24) is 4.98 Å². The van der Waals surface area contributed by atoms with Crippen LogP contribution in [0, 0.1) is 0 Å². The molecule has 1 unspecified atom stereocenters. The summed E-state index contributed by atoms with van der Waals surface area (Å²) in [5.74, 6) is -0.151. The van der Waals surface area contributed by atoms with Gasteiger partial charge in [0.1, 0.15) is 0 Å². The number of nitrogens with zero attached hydrogens (tertiary/aromatic N) is 1. The van der Waals surface area contributed by atoms with E-state index in [1.807, 2.05) is 0 Å². The van der Waals surface area contributed by atoms with Crippen molar-refractivity contribution in [2.45, 2.75) is 44.6 Å². The summed E-state index contributed by atoms with van der Waals surface area (Å²) in [6.07, 6.45) is 5.95. The Morgan fingerprint density at radius 3 is 3.05 bits per heavy atom. The second-order valence-corrected chi connectivity index (χ2v) is 5.91. The Bertz CT molecular complexity index is 410. The minimum Gasteiger partial charge on any atom is -0.385 e. The van der Waals surface area contributed by atoms with E-state index in [-0.39, 0.29) is 5.91 Å². The second kappa shape index (κ2) is 6.98. The number of nitrogens with two attached hydrogens (primary N) is 1. The van der Waals surface area contributed by atoms with E-state index < -0.39 is 6.04 Å². The predicted octanol–water partition coefficient (Wildman–Crippen LogP) is 1.71. The van der Waals surface area contributed by atoms with Crippen molar-refractivity contribution in [2.24, 2.45) is 5.73 Å². The van der Waals surface area contributed by atoms with Crippen molar-refractivity contribution in [2.75, 3.05) is 19.0 Å². The first-order valence-electron chi connectivity index (χ1n) is 6.74. The number of anilines is 1. The van der Waals surface area contributed by atoms with Gasteiger partial charge in [0.05, 0.1) is 11.7 Å². The highest BCUT2D eigenvalue weighted by Crippen LogP contribution is 2.29. The lowest BCUT2D eigenvalue weighted by atomic mass is 10.0. The van der Waals surface area contributed by atoms with Crippen LogP contribution in [-0.2, 0) is 22.4 Å². The van der Waals surface area contributed by atoms with Crippen molar-refractivity contribution >= 4 is 22.4 Å². The quantitative estimate of drug-likeness (QED) is 0.779. The molecule has 2 rings (SSSR count). The van der Waals surface area contributed by atoms with E-state index in [2.05, 4.69) is 10.3 Å². The number of amides is 1. The second-order valence-electron chi connectivity index (χ2n) is 4.83. The molecule has 0 bridgehead atoms. The molecule has 0 radical (unpaired) electrons. The topological polar surface area (TPSA) is 77.2 Å². The fourth-order valence-corrected chi connectivity index (χ4v) is 3.24. The van der Waals surface area contributed by atoms with Crippen LogP contribution in [0.25, 0.3) is 0 Å². The van der Waals surface area contributed by atoms with Crippen LogP contribution in [0.5, 0.6) is 0 Å².